The second-order valence-electron chi connectivity index (χ2n) is 6.54. The molecule has 0 heterocycles. The molecule has 0 amide bonds. The van der Waals surface area contributed by atoms with Gasteiger partial charge in [0.15, 0.2) is 0 Å². The molecule has 3 aliphatic rings. The van der Waals surface area contributed by atoms with Crippen LogP contribution >= 0.6 is 0 Å². The Morgan fingerprint density at radius 1 is 0.842 bits per heavy atom. The Labute approximate surface area is 112 Å². The smallest absolute Gasteiger partial charge is 0.0605 e. The Balaban J connectivity index is 1.92. The highest BCUT2D eigenvalue weighted by atomic mass is 16.3. The highest BCUT2D eigenvalue weighted by Gasteiger charge is 2.70. The van der Waals surface area contributed by atoms with Gasteiger partial charge in [0.2, 0.25) is 0 Å². The molecule has 4 rings (SSSR count). The first kappa shape index (κ1) is 11.9. The second-order valence-corrected chi connectivity index (χ2v) is 6.54. The van der Waals surface area contributed by atoms with E-state index in [0.717, 1.165) is 6.42 Å². The molecule has 3 heteroatoms. The number of benzene rings is 1. The van der Waals surface area contributed by atoms with Crippen molar-refractivity contribution in [1.82, 2.24) is 0 Å². The Hall–Kier alpha value is -0.900. The molecule has 3 fully saturated rings. The van der Waals surface area contributed by atoms with Crippen molar-refractivity contribution >= 4 is 0 Å². The Bertz CT molecular complexity index is 488. The monoisotopic (exact) mass is 260 g/mol. The van der Waals surface area contributed by atoms with Gasteiger partial charge in [-0.15, -0.1) is 0 Å². The minimum atomic E-state index is -0.486. The summed E-state index contributed by atoms with van der Waals surface area (Å²) in [6, 6.07) is 10.2. The van der Waals surface area contributed by atoms with Crippen molar-refractivity contribution in [1.29, 1.82) is 0 Å². The van der Waals surface area contributed by atoms with Crippen molar-refractivity contribution in [2.45, 2.75) is 43.0 Å². The fraction of sp³-hybridized carbons (Fsp3) is 0.625. The molecular formula is C16H20O3. The van der Waals surface area contributed by atoms with Gasteiger partial charge in [0.05, 0.1) is 18.3 Å². The van der Waals surface area contributed by atoms with Crippen LogP contribution in [0.15, 0.2) is 30.3 Å². The lowest BCUT2D eigenvalue weighted by molar-refractivity contribution is 0.0328. The summed E-state index contributed by atoms with van der Waals surface area (Å²) in [7, 11) is 0. The van der Waals surface area contributed by atoms with Gasteiger partial charge in [-0.25, -0.2) is 0 Å². The van der Waals surface area contributed by atoms with Crippen LogP contribution in [0, 0.1) is 17.8 Å². The summed E-state index contributed by atoms with van der Waals surface area (Å²) in [6.45, 7) is 0. The van der Waals surface area contributed by atoms with E-state index in [2.05, 4.69) is 12.1 Å². The van der Waals surface area contributed by atoms with E-state index in [4.69, 9.17) is 0 Å². The largest absolute Gasteiger partial charge is 0.393 e. The standard InChI is InChI=1S/C16H20O3/c17-12-6-10-7-13(18)15-14(19)8-11(12)16(10,15)9-4-2-1-3-5-9/h1-5,10-15,17-19H,6-8H2/t10-,11-,12?,13?,14?,15-,16+/m0/s1. The first-order chi connectivity index (χ1) is 9.15. The first-order valence-corrected chi connectivity index (χ1v) is 7.25. The molecule has 3 saturated carbocycles. The van der Waals surface area contributed by atoms with Gasteiger partial charge in [-0.2, -0.15) is 0 Å². The van der Waals surface area contributed by atoms with Crippen LogP contribution in [0.1, 0.15) is 24.8 Å². The lowest BCUT2D eigenvalue weighted by Crippen LogP contribution is -2.40. The molecule has 3 N–H and O–H groups in total. The van der Waals surface area contributed by atoms with E-state index in [1.54, 1.807) is 0 Å². The number of rotatable bonds is 1. The van der Waals surface area contributed by atoms with E-state index >= 15 is 0 Å². The molecule has 1 aromatic carbocycles. The van der Waals surface area contributed by atoms with E-state index < -0.39 is 12.2 Å². The van der Waals surface area contributed by atoms with Crippen molar-refractivity contribution in [3.8, 4) is 0 Å². The Morgan fingerprint density at radius 3 is 2.21 bits per heavy atom. The second kappa shape index (κ2) is 3.81. The summed E-state index contributed by atoms with van der Waals surface area (Å²) in [6.07, 6.45) is 0.841. The molecule has 19 heavy (non-hydrogen) atoms. The summed E-state index contributed by atoms with van der Waals surface area (Å²) in [4.78, 5) is 0. The molecule has 3 unspecified atom stereocenters. The van der Waals surface area contributed by atoms with Gasteiger partial charge in [0.25, 0.3) is 0 Å². The van der Waals surface area contributed by atoms with Crippen molar-refractivity contribution < 1.29 is 15.3 Å². The lowest BCUT2D eigenvalue weighted by atomic mass is 9.67. The van der Waals surface area contributed by atoms with Crippen molar-refractivity contribution in [2.24, 2.45) is 17.8 Å². The van der Waals surface area contributed by atoms with Gasteiger partial charge >= 0.3 is 0 Å². The van der Waals surface area contributed by atoms with Crippen LogP contribution in [0.4, 0.5) is 0 Å². The maximum atomic E-state index is 10.4. The summed E-state index contributed by atoms with van der Waals surface area (Å²) < 4.78 is 0. The average molecular weight is 260 g/mol. The van der Waals surface area contributed by atoms with Crippen molar-refractivity contribution in [3.63, 3.8) is 0 Å². The predicted molar refractivity (Wildman–Crippen MR) is 70.5 cm³/mol. The van der Waals surface area contributed by atoms with Crippen LogP contribution in [0.2, 0.25) is 0 Å². The molecular weight excluding hydrogens is 240 g/mol. The van der Waals surface area contributed by atoms with Gasteiger partial charge < -0.3 is 15.3 Å². The minimum Gasteiger partial charge on any atom is -0.393 e. The molecule has 0 spiro atoms. The van der Waals surface area contributed by atoms with Gasteiger partial charge in [0, 0.05) is 11.3 Å². The van der Waals surface area contributed by atoms with E-state index in [-0.39, 0.29) is 23.4 Å². The number of hydrogen-bond acceptors (Lipinski definition) is 3. The van der Waals surface area contributed by atoms with Crippen molar-refractivity contribution in [3.05, 3.63) is 35.9 Å². The fourth-order valence-corrected chi connectivity index (χ4v) is 5.54. The number of aliphatic hydroxyl groups excluding tert-OH is 3. The lowest BCUT2D eigenvalue weighted by Gasteiger charge is -2.36. The summed E-state index contributed by atoms with van der Waals surface area (Å²) >= 11 is 0. The molecule has 0 radical (unpaired) electrons. The van der Waals surface area contributed by atoms with Crippen LogP contribution in [0.3, 0.4) is 0 Å². The molecule has 1 aromatic rings. The maximum absolute atomic E-state index is 10.4. The topological polar surface area (TPSA) is 60.7 Å². The third-order valence-electron chi connectivity index (χ3n) is 5.96. The van der Waals surface area contributed by atoms with E-state index in [1.165, 1.54) is 5.56 Å². The van der Waals surface area contributed by atoms with Crippen LogP contribution in [0.25, 0.3) is 0 Å². The van der Waals surface area contributed by atoms with Gasteiger partial charge in [-0.3, -0.25) is 0 Å². The van der Waals surface area contributed by atoms with E-state index in [0.29, 0.717) is 18.8 Å². The zero-order chi connectivity index (χ0) is 13.2. The Morgan fingerprint density at radius 2 is 1.47 bits per heavy atom. The van der Waals surface area contributed by atoms with Crippen LogP contribution in [-0.4, -0.2) is 33.6 Å². The van der Waals surface area contributed by atoms with Crippen LogP contribution in [-0.2, 0) is 5.41 Å². The molecule has 7 atom stereocenters. The minimum absolute atomic E-state index is 0.0945. The Kier molecular flexibility index (Phi) is 2.39. The number of hydrogen-bond donors (Lipinski definition) is 3. The third kappa shape index (κ3) is 1.28. The van der Waals surface area contributed by atoms with Crippen LogP contribution < -0.4 is 0 Å². The molecule has 0 bridgehead atoms. The summed E-state index contributed by atoms with van der Waals surface area (Å²) in [5.74, 6) is 0.283. The molecule has 0 aromatic heterocycles. The molecule has 3 aliphatic carbocycles. The number of aliphatic hydroxyl groups is 3. The summed E-state index contributed by atoms with van der Waals surface area (Å²) in [5.41, 5.74) is 0.985. The zero-order valence-corrected chi connectivity index (χ0v) is 10.8. The highest BCUT2D eigenvalue weighted by Crippen LogP contribution is 2.67. The fourth-order valence-electron chi connectivity index (χ4n) is 5.54. The quantitative estimate of drug-likeness (QED) is 0.708. The van der Waals surface area contributed by atoms with Gasteiger partial charge in [0.1, 0.15) is 0 Å². The van der Waals surface area contributed by atoms with Gasteiger partial charge in [-0.05, 0) is 36.7 Å². The SMILES string of the molecule is OC1C[C@@H]2CC(O)[C@@H]3CC(O)[C@H]1[C@]23c1ccccc1. The zero-order valence-electron chi connectivity index (χ0n) is 10.8. The van der Waals surface area contributed by atoms with Crippen molar-refractivity contribution in [2.75, 3.05) is 0 Å². The maximum Gasteiger partial charge on any atom is 0.0605 e. The molecule has 0 aliphatic heterocycles. The molecule has 3 nitrogen and oxygen atoms in total. The van der Waals surface area contributed by atoms with Crippen LogP contribution in [0.5, 0.6) is 0 Å². The van der Waals surface area contributed by atoms with E-state index in [1.807, 2.05) is 18.2 Å². The predicted octanol–water partition coefficient (Wildman–Crippen LogP) is 1.07. The molecule has 0 saturated heterocycles. The normalized spacial score (nSPS) is 51.5. The first-order valence-electron chi connectivity index (χ1n) is 7.25. The van der Waals surface area contributed by atoms with Gasteiger partial charge in [-0.1, -0.05) is 30.3 Å². The van der Waals surface area contributed by atoms with E-state index in [9.17, 15) is 15.3 Å². The third-order valence-corrected chi connectivity index (χ3v) is 5.96. The highest BCUT2D eigenvalue weighted by molar-refractivity contribution is 5.38. The summed E-state index contributed by atoms with van der Waals surface area (Å²) in [5, 5.41) is 31.1. The average Bonchev–Trinajstić information content (AvgIpc) is 2.96. The molecule has 102 valence electrons.